The highest BCUT2D eigenvalue weighted by Crippen LogP contribution is 2.17. The minimum absolute atomic E-state index is 0.0259. The van der Waals surface area contributed by atoms with Crippen molar-refractivity contribution in [3.63, 3.8) is 0 Å². The van der Waals surface area contributed by atoms with Crippen LogP contribution in [0.5, 0.6) is 0 Å². The lowest BCUT2D eigenvalue weighted by Crippen LogP contribution is -2.46. The predicted octanol–water partition coefficient (Wildman–Crippen LogP) is 2.78. The summed E-state index contributed by atoms with van der Waals surface area (Å²) < 4.78 is 0. The monoisotopic (exact) mass is 385 g/mol. The van der Waals surface area contributed by atoms with Gasteiger partial charge in [0.25, 0.3) is 5.91 Å². The first kappa shape index (κ1) is 19.3. The third-order valence-corrected chi connectivity index (χ3v) is 5.48. The maximum Gasteiger partial charge on any atom is 0.261 e. The van der Waals surface area contributed by atoms with Gasteiger partial charge in [0.05, 0.1) is 17.1 Å². The van der Waals surface area contributed by atoms with Crippen LogP contribution in [0.1, 0.15) is 39.8 Å². The zero-order valence-corrected chi connectivity index (χ0v) is 16.1. The second kappa shape index (κ2) is 8.92. The van der Waals surface area contributed by atoms with E-state index in [9.17, 15) is 14.4 Å². The molecule has 1 aromatic heterocycles. The van der Waals surface area contributed by atoms with Crippen LogP contribution in [-0.4, -0.2) is 48.2 Å². The molecule has 0 saturated carbocycles. The van der Waals surface area contributed by atoms with Gasteiger partial charge in [0, 0.05) is 24.7 Å². The minimum Gasteiger partial charge on any atom is -0.349 e. The van der Waals surface area contributed by atoms with Crippen LogP contribution in [-0.2, 0) is 4.79 Å². The number of para-hydroxylation sites is 1. The average Bonchev–Trinajstić information content (AvgIpc) is 3.18. The lowest BCUT2D eigenvalue weighted by molar-refractivity contribution is -0.117. The smallest absolute Gasteiger partial charge is 0.261 e. The number of hydrogen-bond acceptors (Lipinski definition) is 5. The van der Waals surface area contributed by atoms with Crippen LogP contribution in [0, 0.1) is 0 Å². The molecule has 0 bridgehead atoms. The number of nitrogens with one attached hydrogen (secondary N) is 2. The molecule has 1 saturated heterocycles. The Morgan fingerprint density at radius 3 is 2.52 bits per heavy atom. The summed E-state index contributed by atoms with van der Waals surface area (Å²) in [5, 5.41) is 7.78. The van der Waals surface area contributed by atoms with Crippen LogP contribution >= 0.6 is 11.3 Å². The van der Waals surface area contributed by atoms with E-state index in [1.807, 2.05) is 17.5 Å². The largest absolute Gasteiger partial charge is 0.349 e. The molecule has 2 amide bonds. The van der Waals surface area contributed by atoms with Gasteiger partial charge in [-0.3, -0.25) is 19.3 Å². The molecule has 3 rings (SSSR count). The molecule has 1 aromatic carbocycles. The van der Waals surface area contributed by atoms with Crippen molar-refractivity contribution in [2.75, 3.05) is 25.0 Å². The summed E-state index contributed by atoms with van der Waals surface area (Å²) in [5.41, 5.74) is 1.06. The molecule has 2 heterocycles. The molecule has 0 spiro atoms. The van der Waals surface area contributed by atoms with Crippen molar-refractivity contribution in [1.29, 1.82) is 0 Å². The van der Waals surface area contributed by atoms with Crippen molar-refractivity contribution in [1.82, 2.24) is 10.2 Å². The van der Waals surface area contributed by atoms with Gasteiger partial charge in [0.2, 0.25) is 5.91 Å². The second-order valence-electron chi connectivity index (χ2n) is 6.65. The quantitative estimate of drug-likeness (QED) is 0.750. The van der Waals surface area contributed by atoms with E-state index in [4.69, 9.17) is 0 Å². The molecule has 2 aromatic rings. The molecule has 0 atom stereocenters. The fourth-order valence-corrected chi connectivity index (χ4v) is 3.82. The molecule has 27 heavy (non-hydrogen) atoms. The van der Waals surface area contributed by atoms with Crippen molar-refractivity contribution < 1.29 is 14.4 Å². The molecule has 142 valence electrons. The SMILES string of the molecule is CC(=O)c1ccccc1NC(=O)CN1CCC(NC(=O)c2cccs2)CC1. The highest BCUT2D eigenvalue weighted by molar-refractivity contribution is 7.12. The number of carbonyl (C=O) groups is 3. The van der Waals surface area contributed by atoms with Crippen LogP contribution in [0.3, 0.4) is 0 Å². The van der Waals surface area contributed by atoms with Crippen molar-refractivity contribution in [2.45, 2.75) is 25.8 Å². The normalized spacial score (nSPS) is 15.3. The summed E-state index contributed by atoms with van der Waals surface area (Å²) in [6.07, 6.45) is 1.63. The Hall–Kier alpha value is -2.51. The lowest BCUT2D eigenvalue weighted by atomic mass is 10.0. The zero-order chi connectivity index (χ0) is 19.2. The molecule has 0 aliphatic carbocycles. The summed E-state index contributed by atoms with van der Waals surface area (Å²) >= 11 is 1.43. The molecule has 1 aliphatic rings. The summed E-state index contributed by atoms with van der Waals surface area (Å²) in [6, 6.07) is 10.8. The number of benzene rings is 1. The van der Waals surface area contributed by atoms with Crippen LogP contribution in [0.4, 0.5) is 5.69 Å². The fraction of sp³-hybridized carbons (Fsp3) is 0.350. The van der Waals surface area contributed by atoms with Gasteiger partial charge in [-0.05, 0) is 43.3 Å². The Morgan fingerprint density at radius 1 is 1.11 bits per heavy atom. The molecule has 6 nitrogen and oxygen atoms in total. The molecule has 1 fully saturated rings. The van der Waals surface area contributed by atoms with Crippen LogP contribution < -0.4 is 10.6 Å². The van der Waals surface area contributed by atoms with Crippen molar-refractivity contribution in [3.05, 3.63) is 52.2 Å². The molecule has 1 aliphatic heterocycles. The van der Waals surface area contributed by atoms with E-state index in [1.165, 1.54) is 18.3 Å². The summed E-state index contributed by atoms with van der Waals surface area (Å²) in [5.74, 6) is -0.236. The Balaban J connectivity index is 1.46. The van der Waals surface area contributed by atoms with Crippen LogP contribution in [0.25, 0.3) is 0 Å². The molecule has 0 radical (unpaired) electrons. The van der Waals surface area contributed by atoms with Gasteiger partial charge in [-0.2, -0.15) is 0 Å². The van der Waals surface area contributed by atoms with Crippen molar-refractivity contribution in [3.8, 4) is 0 Å². The number of likely N-dealkylation sites (tertiary alicyclic amines) is 1. The van der Waals surface area contributed by atoms with Crippen LogP contribution in [0.15, 0.2) is 41.8 Å². The number of Topliss-reactive ketones (excluding diaryl/α,β-unsaturated/α-hetero) is 1. The third kappa shape index (κ3) is 5.24. The molecule has 2 N–H and O–H groups in total. The summed E-state index contributed by atoms with van der Waals surface area (Å²) in [7, 11) is 0. The van der Waals surface area contributed by atoms with E-state index in [0.29, 0.717) is 11.3 Å². The molecule has 0 unspecified atom stereocenters. The topological polar surface area (TPSA) is 78.5 Å². The van der Waals surface area contributed by atoms with Crippen molar-refractivity contribution in [2.24, 2.45) is 0 Å². The number of amides is 2. The van der Waals surface area contributed by atoms with Gasteiger partial charge < -0.3 is 10.6 Å². The van der Waals surface area contributed by atoms with Gasteiger partial charge in [-0.25, -0.2) is 0 Å². The Morgan fingerprint density at radius 2 is 1.85 bits per heavy atom. The standard InChI is InChI=1S/C20H23N3O3S/c1-14(24)16-5-2-3-6-17(16)22-19(25)13-23-10-8-15(9-11-23)21-20(26)18-7-4-12-27-18/h2-7,12,15H,8-11,13H2,1H3,(H,21,26)(H,22,25). The van der Waals surface area contributed by atoms with E-state index in [2.05, 4.69) is 15.5 Å². The Labute approximate surface area is 162 Å². The fourth-order valence-electron chi connectivity index (χ4n) is 3.19. The highest BCUT2D eigenvalue weighted by atomic mass is 32.1. The number of piperidine rings is 1. The lowest BCUT2D eigenvalue weighted by Gasteiger charge is -2.31. The first-order valence-corrected chi connectivity index (χ1v) is 9.87. The van der Waals surface area contributed by atoms with Crippen molar-refractivity contribution >= 4 is 34.6 Å². The van der Waals surface area contributed by atoms with Gasteiger partial charge in [-0.1, -0.05) is 18.2 Å². The third-order valence-electron chi connectivity index (χ3n) is 4.62. The Bertz CT molecular complexity index is 812. The summed E-state index contributed by atoms with van der Waals surface area (Å²) in [4.78, 5) is 38.9. The van der Waals surface area contributed by atoms with Gasteiger partial charge in [0.15, 0.2) is 5.78 Å². The number of hydrogen-bond donors (Lipinski definition) is 2. The number of rotatable bonds is 6. The maximum atomic E-state index is 12.3. The van der Waals surface area contributed by atoms with Gasteiger partial charge in [0.1, 0.15) is 0 Å². The first-order chi connectivity index (χ1) is 13.0. The predicted molar refractivity (Wildman–Crippen MR) is 106 cm³/mol. The van der Waals surface area contributed by atoms with Crippen LogP contribution in [0.2, 0.25) is 0 Å². The minimum atomic E-state index is -0.134. The highest BCUT2D eigenvalue weighted by Gasteiger charge is 2.23. The molecule has 7 heteroatoms. The van der Waals surface area contributed by atoms with Gasteiger partial charge in [-0.15, -0.1) is 11.3 Å². The zero-order valence-electron chi connectivity index (χ0n) is 15.2. The van der Waals surface area contributed by atoms with E-state index in [0.717, 1.165) is 30.8 Å². The van der Waals surface area contributed by atoms with Gasteiger partial charge >= 0.3 is 0 Å². The van der Waals surface area contributed by atoms with E-state index >= 15 is 0 Å². The maximum absolute atomic E-state index is 12.3. The second-order valence-corrected chi connectivity index (χ2v) is 7.60. The molecular weight excluding hydrogens is 362 g/mol. The Kier molecular flexibility index (Phi) is 6.36. The van der Waals surface area contributed by atoms with E-state index < -0.39 is 0 Å². The number of anilines is 1. The first-order valence-electron chi connectivity index (χ1n) is 8.99. The summed E-state index contributed by atoms with van der Waals surface area (Å²) in [6.45, 7) is 3.26. The van der Waals surface area contributed by atoms with E-state index in [-0.39, 0.29) is 30.2 Å². The number of nitrogens with zero attached hydrogens (tertiary/aromatic N) is 1. The number of thiophene rings is 1. The number of carbonyl (C=O) groups excluding carboxylic acids is 3. The average molecular weight is 385 g/mol. The van der Waals surface area contributed by atoms with E-state index in [1.54, 1.807) is 24.3 Å². The molecular formula is C20H23N3O3S. The number of ketones is 1.